The lowest BCUT2D eigenvalue weighted by atomic mass is 10.0. The molecule has 0 aromatic carbocycles. The molecule has 1 atom stereocenters. The molecule has 0 aromatic heterocycles. The first-order valence-electron chi connectivity index (χ1n) is 6.77. The third kappa shape index (κ3) is 3.93. The molecule has 0 bridgehead atoms. The number of allylic oxidation sites excluding steroid dienone is 1. The average Bonchev–Trinajstić information content (AvgIpc) is 2.49. The molecule has 2 rings (SSSR count). The number of hydrogen-bond donors (Lipinski definition) is 3. The standard InChI is InChI=1S/C13H18F2N4O2/c14-11-5-9(17-7-10(8-20)18-16)6-12(15)13(11)19-1-3-21-4-2-19/h5,7,9,16-17,20H,1-4,6,8H2/p+1. The second-order valence-corrected chi connectivity index (χ2v) is 4.86. The van der Waals surface area contributed by atoms with E-state index in [9.17, 15) is 8.78 Å². The number of quaternary nitrogens is 1. The number of rotatable bonds is 5. The van der Waals surface area contributed by atoms with Gasteiger partial charge in [0.25, 0.3) is 0 Å². The number of hydrogen-bond acceptors (Lipinski definition) is 5. The van der Waals surface area contributed by atoms with Crippen LogP contribution in [0.3, 0.4) is 0 Å². The minimum absolute atomic E-state index is 0.0273. The van der Waals surface area contributed by atoms with Crippen LogP contribution in [0.4, 0.5) is 8.78 Å². The van der Waals surface area contributed by atoms with E-state index in [1.54, 1.807) is 10.2 Å². The topological polar surface area (TPSA) is 85.5 Å². The molecule has 1 heterocycles. The summed E-state index contributed by atoms with van der Waals surface area (Å²) in [6.45, 7) is 1.51. The number of aliphatic hydroxyl groups is 1. The predicted octanol–water partition coefficient (Wildman–Crippen LogP) is 0.553. The van der Waals surface area contributed by atoms with Crippen LogP contribution in [-0.2, 0) is 4.74 Å². The zero-order chi connectivity index (χ0) is 15.2. The third-order valence-corrected chi connectivity index (χ3v) is 3.43. The summed E-state index contributed by atoms with van der Waals surface area (Å²) in [6, 6.07) is -0.446. The summed E-state index contributed by atoms with van der Waals surface area (Å²) >= 11 is 0. The summed E-state index contributed by atoms with van der Waals surface area (Å²) in [6.07, 6.45) is 2.82. The Hall–Kier alpha value is -1.64. The van der Waals surface area contributed by atoms with Gasteiger partial charge in [0.2, 0.25) is 0 Å². The monoisotopic (exact) mass is 301 g/mol. The van der Waals surface area contributed by atoms with Gasteiger partial charge in [-0.15, -0.1) is 0 Å². The van der Waals surface area contributed by atoms with Crippen LogP contribution in [0.1, 0.15) is 6.42 Å². The number of aliphatic hydroxyl groups excluding tert-OH is 1. The minimum Gasteiger partial charge on any atom is -0.390 e. The number of halogens is 2. The summed E-state index contributed by atoms with van der Waals surface area (Å²) in [5, 5.41) is 13.5. The van der Waals surface area contributed by atoms with Crippen LogP contribution >= 0.6 is 0 Å². The molecule has 0 spiro atoms. The molecule has 0 saturated carbocycles. The van der Waals surface area contributed by atoms with Gasteiger partial charge in [-0.05, 0) is 0 Å². The molecule has 21 heavy (non-hydrogen) atoms. The Bertz CT molecular complexity index is 485. The van der Waals surface area contributed by atoms with Gasteiger partial charge < -0.3 is 20.1 Å². The van der Waals surface area contributed by atoms with E-state index in [0.717, 1.165) is 0 Å². The first-order chi connectivity index (χ1) is 10.2. The number of nitrogens with zero attached hydrogens (tertiary/aromatic N) is 2. The zero-order valence-corrected chi connectivity index (χ0v) is 11.6. The van der Waals surface area contributed by atoms with Gasteiger partial charge in [0.15, 0.2) is 5.83 Å². The molecule has 116 valence electrons. The molecule has 0 radical (unpaired) electrons. The van der Waals surface area contributed by atoms with Crippen LogP contribution in [-0.4, -0.2) is 49.0 Å². The Labute approximate surface area is 121 Å². The van der Waals surface area contributed by atoms with Crippen molar-refractivity contribution < 1.29 is 23.9 Å². The Kier molecular flexibility index (Phi) is 5.54. The highest BCUT2D eigenvalue weighted by molar-refractivity contribution is 5.32. The van der Waals surface area contributed by atoms with Gasteiger partial charge in [-0.1, -0.05) is 0 Å². The molecule has 6 nitrogen and oxygen atoms in total. The summed E-state index contributed by atoms with van der Waals surface area (Å²) < 4.78 is 33.5. The van der Waals surface area contributed by atoms with Crippen LogP contribution in [0.25, 0.3) is 0 Å². The maximum atomic E-state index is 14.2. The quantitative estimate of drug-likeness (QED) is 0.648. The van der Waals surface area contributed by atoms with Gasteiger partial charge in [0.1, 0.15) is 29.5 Å². The van der Waals surface area contributed by atoms with Crippen molar-refractivity contribution in [1.29, 1.82) is 5.53 Å². The highest BCUT2D eigenvalue weighted by Gasteiger charge is 2.29. The SMILES string of the molecule is N=NC(=C[NH2+]C1C=C(F)C(N2CCOCC2)=C(F)C1)CO. The van der Waals surface area contributed by atoms with E-state index in [1.807, 2.05) is 0 Å². The molecule has 4 N–H and O–H groups in total. The Balaban J connectivity index is 2.05. The van der Waals surface area contributed by atoms with Crippen molar-refractivity contribution in [3.05, 3.63) is 35.3 Å². The van der Waals surface area contributed by atoms with Gasteiger partial charge in [0, 0.05) is 19.2 Å². The number of ether oxygens (including phenoxy) is 1. The third-order valence-electron chi connectivity index (χ3n) is 3.43. The lowest BCUT2D eigenvalue weighted by Gasteiger charge is -2.32. The van der Waals surface area contributed by atoms with E-state index in [4.69, 9.17) is 15.4 Å². The van der Waals surface area contributed by atoms with E-state index in [0.29, 0.717) is 26.3 Å². The van der Waals surface area contributed by atoms with Gasteiger partial charge in [0.05, 0.1) is 26.2 Å². The second-order valence-electron chi connectivity index (χ2n) is 4.86. The van der Waals surface area contributed by atoms with Crippen LogP contribution in [0.15, 0.2) is 40.4 Å². The number of morpholine rings is 1. The van der Waals surface area contributed by atoms with E-state index in [2.05, 4.69) is 5.11 Å². The van der Waals surface area contributed by atoms with Crippen molar-refractivity contribution in [2.24, 2.45) is 5.11 Å². The van der Waals surface area contributed by atoms with Gasteiger partial charge in [-0.3, -0.25) is 0 Å². The minimum atomic E-state index is -0.580. The fraction of sp³-hybridized carbons (Fsp3) is 0.538. The van der Waals surface area contributed by atoms with Crippen LogP contribution in [0, 0.1) is 5.53 Å². The van der Waals surface area contributed by atoms with E-state index in [-0.39, 0.29) is 24.4 Å². The molecule has 8 heteroatoms. The number of nitrogens with two attached hydrogens (primary N) is 1. The van der Waals surface area contributed by atoms with Crippen molar-refractivity contribution in [3.8, 4) is 0 Å². The molecule has 1 unspecified atom stereocenters. The molecule has 0 aromatic rings. The largest absolute Gasteiger partial charge is 0.390 e. The lowest BCUT2D eigenvalue weighted by molar-refractivity contribution is -0.616. The summed E-state index contributed by atoms with van der Waals surface area (Å²) in [7, 11) is 0. The number of nitrogens with one attached hydrogen (secondary N) is 1. The Morgan fingerprint density at radius 3 is 2.81 bits per heavy atom. The van der Waals surface area contributed by atoms with Crippen molar-refractivity contribution >= 4 is 0 Å². The molecule has 1 fully saturated rings. The van der Waals surface area contributed by atoms with Crippen molar-refractivity contribution in [3.63, 3.8) is 0 Å². The summed E-state index contributed by atoms with van der Waals surface area (Å²) in [4.78, 5) is 1.66. The average molecular weight is 301 g/mol. The highest BCUT2D eigenvalue weighted by atomic mass is 19.1. The molecule has 1 aliphatic heterocycles. The van der Waals surface area contributed by atoms with Crippen molar-refractivity contribution in [2.75, 3.05) is 32.9 Å². The molecule has 1 aliphatic carbocycles. The second kappa shape index (κ2) is 7.39. The fourth-order valence-electron chi connectivity index (χ4n) is 2.35. The van der Waals surface area contributed by atoms with Gasteiger partial charge in [-0.25, -0.2) is 14.3 Å². The Morgan fingerprint density at radius 2 is 2.24 bits per heavy atom. The van der Waals surface area contributed by atoms with Crippen molar-refractivity contribution in [2.45, 2.75) is 12.5 Å². The zero-order valence-electron chi connectivity index (χ0n) is 11.6. The summed E-state index contributed by atoms with van der Waals surface area (Å²) in [5.74, 6) is -1.07. The summed E-state index contributed by atoms with van der Waals surface area (Å²) in [5.41, 5.74) is 6.98. The highest BCUT2D eigenvalue weighted by Crippen LogP contribution is 2.29. The maximum absolute atomic E-state index is 14.2. The lowest BCUT2D eigenvalue weighted by Crippen LogP contribution is -2.84. The first-order valence-corrected chi connectivity index (χ1v) is 6.77. The van der Waals surface area contributed by atoms with E-state index < -0.39 is 17.7 Å². The smallest absolute Gasteiger partial charge is 0.151 e. The van der Waals surface area contributed by atoms with E-state index in [1.165, 1.54) is 12.3 Å². The van der Waals surface area contributed by atoms with Crippen molar-refractivity contribution in [1.82, 2.24) is 4.90 Å². The Morgan fingerprint density at radius 1 is 1.52 bits per heavy atom. The van der Waals surface area contributed by atoms with Crippen LogP contribution in [0.2, 0.25) is 0 Å². The molecule has 1 saturated heterocycles. The molecular formula is C13H19F2N4O2+. The maximum Gasteiger partial charge on any atom is 0.151 e. The predicted molar refractivity (Wildman–Crippen MR) is 70.4 cm³/mol. The molecular weight excluding hydrogens is 282 g/mol. The van der Waals surface area contributed by atoms with E-state index >= 15 is 0 Å². The normalized spacial score (nSPS) is 24.1. The molecule has 0 amide bonds. The molecule has 2 aliphatic rings. The first kappa shape index (κ1) is 15.7. The van der Waals surface area contributed by atoms with Gasteiger partial charge >= 0.3 is 0 Å². The van der Waals surface area contributed by atoms with Crippen LogP contribution < -0.4 is 5.32 Å². The van der Waals surface area contributed by atoms with Crippen LogP contribution in [0.5, 0.6) is 0 Å². The van der Waals surface area contributed by atoms with Gasteiger partial charge in [-0.2, -0.15) is 5.11 Å². The fourth-order valence-corrected chi connectivity index (χ4v) is 2.35.